The van der Waals surface area contributed by atoms with E-state index in [-0.39, 0.29) is 5.96 Å². The maximum atomic E-state index is 5.70. The zero-order chi connectivity index (χ0) is 15.3. The smallest absolute Gasteiger partial charge is 0.185 e. The van der Waals surface area contributed by atoms with E-state index in [1.807, 2.05) is 11.8 Å². The van der Waals surface area contributed by atoms with Gasteiger partial charge < -0.3 is 16.2 Å². The van der Waals surface area contributed by atoms with Crippen molar-refractivity contribution in [1.82, 2.24) is 0 Å². The first-order valence-electron chi connectivity index (χ1n) is 7.57. The number of nitrogens with zero attached hydrogens (tertiary/aromatic N) is 1. The summed E-state index contributed by atoms with van der Waals surface area (Å²) in [6.45, 7) is 3.72. The Bertz CT molecular complexity index is 402. The lowest BCUT2D eigenvalue weighted by Crippen LogP contribution is -2.23. The molecule has 0 fully saturated rings. The lowest BCUT2D eigenvalue weighted by molar-refractivity contribution is 0.306. The molecule has 0 aliphatic carbocycles. The summed E-state index contributed by atoms with van der Waals surface area (Å²) in [5, 5.41) is 0. The SMILES string of the molecule is CCCCCOc1ccc(CSCCCN=C(N)N)cc1. The van der Waals surface area contributed by atoms with Gasteiger partial charge in [-0.15, -0.1) is 0 Å². The van der Waals surface area contributed by atoms with Gasteiger partial charge in [0.25, 0.3) is 0 Å². The normalized spacial score (nSPS) is 10.3. The standard InChI is InChI=1S/C16H27N3OS/c1-2-3-4-11-20-15-8-6-14(7-9-15)13-21-12-5-10-19-16(17)18/h6-9H,2-5,10-13H2,1H3,(H4,17,18,19). The second-order valence-corrected chi connectivity index (χ2v) is 6.02. The van der Waals surface area contributed by atoms with E-state index >= 15 is 0 Å². The van der Waals surface area contributed by atoms with Crippen molar-refractivity contribution in [3.8, 4) is 5.75 Å². The van der Waals surface area contributed by atoms with Crippen LogP contribution in [0.1, 0.15) is 38.2 Å². The zero-order valence-corrected chi connectivity index (χ0v) is 13.7. The fraction of sp³-hybridized carbons (Fsp3) is 0.562. The average Bonchev–Trinajstić information content (AvgIpc) is 2.48. The summed E-state index contributed by atoms with van der Waals surface area (Å²) in [5.41, 5.74) is 11.9. The molecule has 1 aromatic rings. The lowest BCUT2D eigenvalue weighted by Gasteiger charge is -2.07. The summed E-state index contributed by atoms with van der Waals surface area (Å²) >= 11 is 1.90. The number of benzene rings is 1. The van der Waals surface area contributed by atoms with Crippen LogP contribution in [0, 0.1) is 0 Å². The van der Waals surface area contributed by atoms with Crippen molar-refractivity contribution in [3.05, 3.63) is 29.8 Å². The Balaban J connectivity index is 2.14. The van der Waals surface area contributed by atoms with Gasteiger partial charge in [-0.05, 0) is 36.3 Å². The van der Waals surface area contributed by atoms with E-state index in [1.54, 1.807) is 0 Å². The largest absolute Gasteiger partial charge is 0.494 e. The Labute approximate surface area is 132 Å². The van der Waals surface area contributed by atoms with Crippen LogP contribution in [0.2, 0.25) is 0 Å². The monoisotopic (exact) mass is 309 g/mol. The lowest BCUT2D eigenvalue weighted by atomic mass is 10.2. The maximum absolute atomic E-state index is 5.70. The van der Waals surface area contributed by atoms with Crippen molar-refractivity contribution in [2.24, 2.45) is 16.5 Å². The number of unbranched alkanes of at least 4 members (excludes halogenated alkanes) is 2. The molecule has 1 rings (SSSR count). The molecule has 0 aromatic heterocycles. The summed E-state index contributed by atoms with van der Waals surface area (Å²) < 4.78 is 5.70. The summed E-state index contributed by atoms with van der Waals surface area (Å²) in [6, 6.07) is 8.39. The summed E-state index contributed by atoms with van der Waals surface area (Å²) in [5.74, 6) is 3.21. The van der Waals surface area contributed by atoms with Gasteiger partial charge in [0, 0.05) is 12.3 Å². The molecule has 0 heterocycles. The van der Waals surface area contributed by atoms with Gasteiger partial charge in [0.2, 0.25) is 0 Å². The number of ether oxygens (including phenoxy) is 1. The number of guanidine groups is 1. The molecule has 4 nitrogen and oxygen atoms in total. The minimum Gasteiger partial charge on any atom is -0.494 e. The molecule has 0 spiro atoms. The van der Waals surface area contributed by atoms with Crippen molar-refractivity contribution >= 4 is 17.7 Å². The Morgan fingerprint density at radius 3 is 2.57 bits per heavy atom. The van der Waals surface area contributed by atoms with Crippen molar-refractivity contribution in [1.29, 1.82) is 0 Å². The third-order valence-corrected chi connectivity index (χ3v) is 4.06. The van der Waals surface area contributed by atoms with Gasteiger partial charge in [0.15, 0.2) is 5.96 Å². The molecule has 21 heavy (non-hydrogen) atoms. The second-order valence-electron chi connectivity index (χ2n) is 4.91. The predicted molar refractivity (Wildman–Crippen MR) is 92.9 cm³/mol. The van der Waals surface area contributed by atoms with Crippen LogP contribution in [0.15, 0.2) is 29.3 Å². The highest BCUT2D eigenvalue weighted by Gasteiger charge is 1.97. The van der Waals surface area contributed by atoms with Crippen LogP contribution < -0.4 is 16.2 Å². The fourth-order valence-corrected chi connectivity index (χ4v) is 2.69. The molecule has 5 heteroatoms. The average molecular weight is 309 g/mol. The van der Waals surface area contributed by atoms with Crippen LogP contribution >= 0.6 is 11.8 Å². The quantitative estimate of drug-likeness (QED) is 0.374. The van der Waals surface area contributed by atoms with Crippen molar-refractivity contribution < 1.29 is 4.74 Å². The van der Waals surface area contributed by atoms with Crippen LogP contribution in [0.3, 0.4) is 0 Å². The molecule has 0 saturated carbocycles. The van der Waals surface area contributed by atoms with E-state index in [4.69, 9.17) is 16.2 Å². The molecule has 0 bridgehead atoms. The molecule has 118 valence electrons. The molecule has 0 radical (unpaired) electrons. The van der Waals surface area contributed by atoms with Gasteiger partial charge in [-0.3, -0.25) is 4.99 Å². The Morgan fingerprint density at radius 1 is 1.14 bits per heavy atom. The summed E-state index contributed by atoms with van der Waals surface area (Å²) in [4.78, 5) is 3.96. The summed E-state index contributed by atoms with van der Waals surface area (Å²) in [7, 11) is 0. The maximum Gasteiger partial charge on any atom is 0.185 e. The van der Waals surface area contributed by atoms with Gasteiger partial charge >= 0.3 is 0 Å². The third-order valence-electron chi connectivity index (χ3n) is 2.95. The Hall–Kier alpha value is -1.36. The molecular formula is C16H27N3OS. The highest BCUT2D eigenvalue weighted by Crippen LogP contribution is 2.17. The number of aliphatic imine (C=N–C) groups is 1. The second kappa shape index (κ2) is 11.3. The van der Waals surface area contributed by atoms with Crippen molar-refractivity contribution in [2.75, 3.05) is 18.9 Å². The highest BCUT2D eigenvalue weighted by molar-refractivity contribution is 7.98. The number of hydrogen-bond acceptors (Lipinski definition) is 3. The molecule has 4 N–H and O–H groups in total. The van der Waals surface area contributed by atoms with Crippen molar-refractivity contribution in [2.45, 2.75) is 38.4 Å². The molecule has 1 aromatic carbocycles. The Kier molecular flexibility index (Phi) is 9.53. The molecule has 0 aliphatic heterocycles. The van der Waals surface area contributed by atoms with Crippen LogP contribution in [0.4, 0.5) is 0 Å². The van der Waals surface area contributed by atoms with Crippen LogP contribution in [-0.4, -0.2) is 24.9 Å². The van der Waals surface area contributed by atoms with Gasteiger partial charge in [0.05, 0.1) is 6.61 Å². The first-order valence-corrected chi connectivity index (χ1v) is 8.72. The van der Waals surface area contributed by atoms with Gasteiger partial charge in [-0.2, -0.15) is 11.8 Å². The molecule has 0 unspecified atom stereocenters. The third kappa shape index (κ3) is 9.24. The molecular weight excluding hydrogens is 282 g/mol. The van der Waals surface area contributed by atoms with E-state index < -0.39 is 0 Å². The fourth-order valence-electron chi connectivity index (χ4n) is 1.79. The van der Waals surface area contributed by atoms with E-state index in [2.05, 4.69) is 36.2 Å². The molecule has 0 atom stereocenters. The van der Waals surface area contributed by atoms with Crippen molar-refractivity contribution in [3.63, 3.8) is 0 Å². The summed E-state index contributed by atoms with van der Waals surface area (Å²) in [6.07, 6.45) is 4.59. The molecule has 0 saturated heterocycles. The number of thioether (sulfide) groups is 1. The zero-order valence-electron chi connectivity index (χ0n) is 12.9. The first-order chi connectivity index (χ1) is 10.2. The minimum absolute atomic E-state index is 0.175. The van der Waals surface area contributed by atoms with Gasteiger partial charge in [-0.1, -0.05) is 31.9 Å². The molecule has 0 aliphatic rings. The minimum atomic E-state index is 0.175. The van der Waals surface area contributed by atoms with Crippen LogP contribution in [0.5, 0.6) is 5.75 Å². The number of nitrogens with two attached hydrogens (primary N) is 2. The van der Waals surface area contributed by atoms with E-state index in [1.165, 1.54) is 18.4 Å². The van der Waals surface area contributed by atoms with Crippen LogP contribution in [-0.2, 0) is 5.75 Å². The van der Waals surface area contributed by atoms with E-state index in [9.17, 15) is 0 Å². The number of hydrogen-bond donors (Lipinski definition) is 2. The van der Waals surface area contributed by atoms with E-state index in [0.29, 0.717) is 6.54 Å². The van der Waals surface area contributed by atoms with Gasteiger partial charge in [-0.25, -0.2) is 0 Å². The predicted octanol–water partition coefficient (Wildman–Crippen LogP) is 3.15. The Morgan fingerprint density at radius 2 is 1.90 bits per heavy atom. The first kappa shape index (κ1) is 17.7. The molecule has 0 amide bonds. The van der Waals surface area contributed by atoms with Gasteiger partial charge in [0.1, 0.15) is 5.75 Å². The van der Waals surface area contributed by atoms with Crippen LogP contribution in [0.25, 0.3) is 0 Å². The number of rotatable bonds is 11. The highest BCUT2D eigenvalue weighted by atomic mass is 32.2. The van der Waals surface area contributed by atoms with E-state index in [0.717, 1.165) is 36.7 Å². The topological polar surface area (TPSA) is 73.6 Å².